The van der Waals surface area contributed by atoms with Crippen molar-refractivity contribution in [1.29, 1.82) is 5.26 Å². The van der Waals surface area contributed by atoms with Gasteiger partial charge in [-0.15, -0.1) is 0 Å². The molecule has 3 aliphatic rings. The van der Waals surface area contributed by atoms with Crippen LogP contribution in [0.4, 0.5) is 5.82 Å². The normalized spacial score (nSPS) is 21.6. The van der Waals surface area contributed by atoms with Crippen molar-refractivity contribution in [3.63, 3.8) is 0 Å². The van der Waals surface area contributed by atoms with Crippen molar-refractivity contribution in [2.24, 2.45) is 5.73 Å². The number of hydrogen-bond acceptors (Lipinski definition) is 7. The summed E-state index contributed by atoms with van der Waals surface area (Å²) in [6, 6.07) is 10.3. The Labute approximate surface area is 182 Å². The van der Waals surface area contributed by atoms with Gasteiger partial charge in [0.1, 0.15) is 11.4 Å². The summed E-state index contributed by atoms with van der Waals surface area (Å²) in [5, 5.41) is 10.7. The van der Waals surface area contributed by atoms with E-state index in [9.17, 15) is 4.79 Å². The Hall–Kier alpha value is -3.18. The van der Waals surface area contributed by atoms with E-state index in [0.29, 0.717) is 5.88 Å². The topological polar surface area (TPSA) is 117 Å². The van der Waals surface area contributed by atoms with Crippen LogP contribution >= 0.6 is 0 Å². The predicted molar refractivity (Wildman–Crippen MR) is 117 cm³/mol. The van der Waals surface area contributed by atoms with Crippen LogP contribution in [-0.4, -0.2) is 42.1 Å². The highest BCUT2D eigenvalue weighted by molar-refractivity contribution is 5.89. The number of piperazine rings is 1. The van der Waals surface area contributed by atoms with Crippen molar-refractivity contribution in [3.8, 4) is 11.9 Å². The number of primary amides is 1. The summed E-state index contributed by atoms with van der Waals surface area (Å²) >= 11 is 0. The Bertz CT molecular complexity index is 1010. The molecule has 1 aromatic heterocycles. The molecule has 8 heteroatoms. The summed E-state index contributed by atoms with van der Waals surface area (Å²) in [7, 11) is 0. The minimum Gasteiger partial charge on any atom is -0.466 e. The quantitative estimate of drug-likeness (QED) is 0.764. The second-order valence-electron chi connectivity index (χ2n) is 8.09. The van der Waals surface area contributed by atoms with Crippen LogP contribution in [0.2, 0.25) is 0 Å². The van der Waals surface area contributed by atoms with Gasteiger partial charge in [0.25, 0.3) is 5.91 Å². The predicted octanol–water partition coefficient (Wildman–Crippen LogP) is 2.07. The lowest BCUT2D eigenvalue weighted by atomic mass is 9.75. The van der Waals surface area contributed by atoms with Crippen LogP contribution < -0.4 is 20.7 Å². The molecule has 5 rings (SSSR count). The molecule has 2 aromatic rings. The number of benzene rings is 1. The number of aromatic nitrogens is 2. The number of nitriles is 1. The molecule has 1 fully saturated rings. The lowest BCUT2D eigenvalue weighted by Crippen LogP contribution is -2.45. The molecule has 3 heterocycles. The summed E-state index contributed by atoms with van der Waals surface area (Å²) in [5.74, 6) is 0.749. The Morgan fingerprint density at radius 2 is 1.97 bits per heavy atom. The Morgan fingerprint density at radius 3 is 2.71 bits per heavy atom. The number of fused-ring (bicyclic) bond motifs is 3. The molecule has 0 radical (unpaired) electrons. The molecule has 2 aliphatic heterocycles. The first-order valence-electron chi connectivity index (χ1n) is 10.8. The lowest BCUT2D eigenvalue weighted by Gasteiger charge is -2.43. The maximum absolute atomic E-state index is 11.9. The van der Waals surface area contributed by atoms with Crippen molar-refractivity contribution in [1.82, 2.24) is 15.3 Å². The van der Waals surface area contributed by atoms with E-state index in [4.69, 9.17) is 15.7 Å². The second-order valence-corrected chi connectivity index (χ2v) is 8.09. The number of amides is 1. The molecule has 0 bridgehead atoms. The molecular formula is C23H28N6O2. The molecule has 1 aromatic carbocycles. The summed E-state index contributed by atoms with van der Waals surface area (Å²) in [6.45, 7) is 4.90. The van der Waals surface area contributed by atoms with Crippen molar-refractivity contribution in [2.45, 2.75) is 44.6 Å². The van der Waals surface area contributed by atoms with Crippen molar-refractivity contribution in [2.75, 3.05) is 31.1 Å². The average Bonchev–Trinajstić information content (AvgIpc) is 2.79. The Kier molecular flexibility index (Phi) is 6.05. The van der Waals surface area contributed by atoms with E-state index in [1.165, 1.54) is 18.1 Å². The van der Waals surface area contributed by atoms with Crippen LogP contribution in [0.1, 0.15) is 53.5 Å². The zero-order valence-corrected chi connectivity index (χ0v) is 17.9. The number of anilines is 1. The molecule has 8 nitrogen and oxygen atoms in total. The maximum Gasteiger partial charge on any atom is 0.286 e. The monoisotopic (exact) mass is 420 g/mol. The molecule has 1 unspecified atom stereocenters. The van der Waals surface area contributed by atoms with Crippen molar-refractivity contribution >= 4 is 11.7 Å². The van der Waals surface area contributed by atoms with Gasteiger partial charge in [-0.25, -0.2) is 4.98 Å². The van der Waals surface area contributed by atoms with Gasteiger partial charge in [0.05, 0.1) is 11.6 Å². The van der Waals surface area contributed by atoms with Gasteiger partial charge in [-0.2, -0.15) is 10.2 Å². The van der Waals surface area contributed by atoms with Crippen LogP contribution in [-0.2, 0) is 18.4 Å². The van der Waals surface area contributed by atoms with Crippen LogP contribution in [0.25, 0.3) is 0 Å². The highest BCUT2D eigenvalue weighted by atomic mass is 16.5. The average molecular weight is 421 g/mol. The van der Waals surface area contributed by atoms with Gasteiger partial charge < -0.3 is 20.7 Å². The zero-order valence-electron chi connectivity index (χ0n) is 17.9. The van der Waals surface area contributed by atoms with E-state index in [2.05, 4.69) is 44.5 Å². The number of aryl methyl sites for hydroxylation is 1. The smallest absolute Gasteiger partial charge is 0.286 e. The minimum absolute atomic E-state index is 0.0356. The molecule has 1 amide bonds. The highest BCUT2D eigenvalue weighted by Crippen LogP contribution is 2.47. The Balaban J connectivity index is 0.000000730. The van der Waals surface area contributed by atoms with Gasteiger partial charge in [-0.3, -0.25) is 4.79 Å². The molecule has 1 spiro atoms. The van der Waals surface area contributed by atoms with Crippen LogP contribution in [0.5, 0.6) is 5.88 Å². The van der Waals surface area contributed by atoms with Crippen molar-refractivity contribution < 1.29 is 9.53 Å². The number of ether oxygens (including phenoxy) is 1. The molecule has 31 heavy (non-hydrogen) atoms. The minimum atomic E-state index is -0.619. The highest BCUT2D eigenvalue weighted by Gasteiger charge is 2.43. The van der Waals surface area contributed by atoms with E-state index in [0.717, 1.165) is 69.7 Å². The van der Waals surface area contributed by atoms with E-state index in [-0.39, 0.29) is 11.4 Å². The zero-order chi connectivity index (χ0) is 21.8. The molecule has 162 valence electrons. The SMILES string of the molecule is CC#N.NC(=O)c1nc2c(c(N3CCNCC3)n1)CCC1(CCCc3ccccc31)O2. The van der Waals surface area contributed by atoms with Crippen LogP contribution in [0.3, 0.4) is 0 Å². The Morgan fingerprint density at radius 1 is 1.23 bits per heavy atom. The van der Waals surface area contributed by atoms with Gasteiger partial charge in [0, 0.05) is 33.1 Å². The first-order valence-corrected chi connectivity index (χ1v) is 10.8. The second kappa shape index (κ2) is 8.90. The fourth-order valence-corrected chi connectivity index (χ4v) is 4.81. The summed E-state index contributed by atoms with van der Waals surface area (Å²) in [4.78, 5) is 23.1. The fraction of sp³-hybridized carbons (Fsp3) is 0.478. The van der Waals surface area contributed by atoms with E-state index < -0.39 is 5.91 Å². The summed E-state index contributed by atoms with van der Waals surface area (Å²) in [6.07, 6.45) is 4.86. The number of carbonyl (C=O) groups excluding carboxylic acids is 1. The third kappa shape index (κ3) is 4.06. The first kappa shape index (κ1) is 21.1. The third-order valence-corrected chi connectivity index (χ3v) is 6.19. The number of nitrogens with one attached hydrogen (secondary N) is 1. The molecule has 1 atom stereocenters. The van der Waals surface area contributed by atoms with Crippen LogP contribution in [0.15, 0.2) is 24.3 Å². The van der Waals surface area contributed by atoms with E-state index in [1.807, 2.05) is 0 Å². The fourth-order valence-electron chi connectivity index (χ4n) is 4.81. The van der Waals surface area contributed by atoms with Gasteiger partial charge in [0.15, 0.2) is 0 Å². The third-order valence-electron chi connectivity index (χ3n) is 6.19. The van der Waals surface area contributed by atoms with Gasteiger partial charge >= 0.3 is 0 Å². The maximum atomic E-state index is 11.9. The molecule has 1 saturated heterocycles. The standard InChI is InChI=1S/C21H25N5O2.C2H3N/c22-17(27)18-24-19(26-12-10-23-11-13-26)15-7-9-21(28-20(15)25-18)8-3-5-14-4-1-2-6-16(14)21;1-2-3/h1-2,4,6,23H,3,5,7-13H2,(H2,22,27);1H3. The van der Waals surface area contributed by atoms with E-state index in [1.54, 1.807) is 6.07 Å². The van der Waals surface area contributed by atoms with Crippen molar-refractivity contribution in [3.05, 3.63) is 46.8 Å². The van der Waals surface area contributed by atoms with Gasteiger partial charge in [-0.05, 0) is 43.2 Å². The molecule has 3 N–H and O–H groups in total. The first-order chi connectivity index (χ1) is 15.1. The molecule has 0 saturated carbocycles. The van der Waals surface area contributed by atoms with E-state index >= 15 is 0 Å². The van der Waals surface area contributed by atoms with Gasteiger partial charge in [-0.1, -0.05) is 24.3 Å². The number of carbonyl (C=O) groups is 1. The molecule has 1 aliphatic carbocycles. The lowest BCUT2D eigenvalue weighted by molar-refractivity contribution is 0.0198. The number of nitrogens with two attached hydrogens (primary N) is 1. The number of rotatable bonds is 2. The summed E-state index contributed by atoms with van der Waals surface area (Å²) < 4.78 is 6.61. The molecular weight excluding hydrogens is 392 g/mol. The van der Waals surface area contributed by atoms with Gasteiger partial charge in [0.2, 0.25) is 11.7 Å². The number of hydrogen-bond donors (Lipinski definition) is 2. The summed E-state index contributed by atoms with van der Waals surface area (Å²) in [5.41, 5.74) is 8.78. The largest absolute Gasteiger partial charge is 0.466 e. The number of nitrogens with zero attached hydrogens (tertiary/aromatic N) is 4. The van der Waals surface area contributed by atoms with Crippen LogP contribution in [0, 0.1) is 11.3 Å².